The fourth-order valence-corrected chi connectivity index (χ4v) is 10.8. The second kappa shape index (κ2) is 7.03. The number of rotatable bonds is 0. The number of carbonyl (C=O) groups is 2. The minimum atomic E-state index is -0.802. The molecule has 2 heterocycles. The van der Waals surface area contributed by atoms with Gasteiger partial charge in [-0.15, -0.1) is 0 Å². The highest BCUT2D eigenvalue weighted by molar-refractivity contribution is 5.85. The SMILES string of the molecule is CC1CC2(OC(=O)C(C)C2C)OC2CC3=C(CCC4C(C)(C)C(=O)CCC34C)C3(C)CCC1C23C. The average Bonchev–Trinajstić information content (AvgIpc) is 3.14. The van der Waals surface area contributed by atoms with Gasteiger partial charge in [-0.25, -0.2) is 0 Å². The maximum absolute atomic E-state index is 13.0. The molecule has 10 atom stereocenters. The normalized spacial score (nSPS) is 54.7. The molecule has 0 amide bonds. The molecule has 0 N–H and O–H groups in total. The first-order valence-corrected chi connectivity index (χ1v) is 14.4. The second-order valence-electron chi connectivity index (χ2n) is 14.7. The lowest BCUT2D eigenvalue weighted by molar-refractivity contribution is -0.269. The first kappa shape index (κ1) is 24.2. The molecule has 4 heteroatoms. The molecule has 4 aliphatic carbocycles. The van der Waals surface area contributed by atoms with E-state index in [1.54, 1.807) is 11.1 Å². The van der Waals surface area contributed by atoms with E-state index in [0.717, 1.165) is 32.1 Å². The molecule has 10 unspecified atom stereocenters. The highest BCUT2D eigenvalue weighted by atomic mass is 16.7. The van der Waals surface area contributed by atoms with Crippen LogP contribution in [0.1, 0.15) is 107 Å². The molecule has 194 valence electrons. The van der Waals surface area contributed by atoms with Crippen molar-refractivity contribution in [2.45, 2.75) is 119 Å². The van der Waals surface area contributed by atoms with Gasteiger partial charge >= 0.3 is 5.97 Å². The summed E-state index contributed by atoms with van der Waals surface area (Å²) in [5.74, 6) is 0.886. The van der Waals surface area contributed by atoms with Crippen molar-refractivity contribution in [3.8, 4) is 0 Å². The summed E-state index contributed by atoms with van der Waals surface area (Å²) in [5, 5.41) is 0. The molecule has 1 spiro atoms. The van der Waals surface area contributed by atoms with Crippen LogP contribution in [0.15, 0.2) is 11.1 Å². The maximum atomic E-state index is 13.0. The van der Waals surface area contributed by atoms with Gasteiger partial charge in [0.2, 0.25) is 5.79 Å². The third-order valence-corrected chi connectivity index (χ3v) is 13.3. The summed E-state index contributed by atoms with van der Waals surface area (Å²) in [6, 6.07) is 0. The molecule has 4 nitrogen and oxygen atoms in total. The first-order chi connectivity index (χ1) is 16.2. The topological polar surface area (TPSA) is 52.6 Å². The molecular formula is C31H46O4. The van der Waals surface area contributed by atoms with Gasteiger partial charge in [0.15, 0.2) is 0 Å². The summed E-state index contributed by atoms with van der Waals surface area (Å²) in [7, 11) is 0. The van der Waals surface area contributed by atoms with Crippen molar-refractivity contribution in [2.24, 2.45) is 51.2 Å². The van der Waals surface area contributed by atoms with Gasteiger partial charge in [0.05, 0.1) is 12.0 Å². The van der Waals surface area contributed by atoms with Crippen LogP contribution < -0.4 is 0 Å². The van der Waals surface area contributed by atoms with Gasteiger partial charge in [0, 0.05) is 29.6 Å². The van der Waals surface area contributed by atoms with E-state index in [4.69, 9.17) is 9.47 Å². The molecule has 0 radical (unpaired) electrons. The van der Waals surface area contributed by atoms with Crippen LogP contribution >= 0.6 is 0 Å². The van der Waals surface area contributed by atoms with E-state index in [9.17, 15) is 9.59 Å². The zero-order valence-electron chi connectivity index (χ0n) is 23.3. The number of allylic oxidation sites excluding steroid dienone is 1. The molecular weight excluding hydrogens is 436 g/mol. The largest absolute Gasteiger partial charge is 0.432 e. The average molecular weight is 483 g/mol. The lowest BCUT2D eigenvalue weighted by atomic mass is 9.43. The number of ether oxygens (including phenoxy) is 2. The number of hydrogen-bond donors (Lipinski definition) is 0. The van der Waals surface area contributed by atoms with Crippen LogP contribution in [-0.4, -0.2) is 23.6 Å². The van der Waals surface area contributed by atoms with Gasteiger partial charge in [0.1, 0.15) is 5.78 Å². The second-order valence-corrected chi connectivity index (χ2v) is 14.7. The summed E-state index contributed by atoms with van der Waals surface area (Å²) in [6.07, 6.45) is 8.13. The molecule has 4 fully saturated rings. The summed E-state index contributed by atoms with van der Waals surface area (Å²) in [5.41, 5.74) is 3.24. The number of ketones is 1. The predicted octanol–water partition coefficient (Wildman–Crippen LogP) is 6.87. The molecule has 6 rings (SSSR count). The Labute approximate surface area is 212 Å². The number of Topliss-reactive ketones (excluding diaryl/α,β-unsaturated/α-hetero) is 1. The van der Waals surface area contributed by atoms with Gasteiger partial charge < -0.3 is 9.47 Å². The Morgan fingerprint density at radius 2 is 1.60 bits per heavy atom. The minimum Gasteiger partial charge on any atom is -0.432 e. The van der Waals surface area contributed by atoms with Crippen molar-refractivity contribution < 1.29 is 19.1 Å². The van der Waals surface area contributed by atoms with E-state index in [1.165, 1.54) is 12.8 Å². The fraction of sp³-hybridized carbons (Fsp3) is 0.871. The molecule has 2 saturated heterocycles. The van der Waals surface area contributed by atoms with Crippen molar-refractivity contribution in [3.05, 3.63) is 11.1 Å². The van der Waals surface area contributed by atoms with Crippen LogP contribution in [0.3, 0.4) is 0 Å². The molecule has 6 aliphatic rings. The quantitative estimate of drug-likeness (QED) is 0.279. The summed E-state index contributed by atoms with van der Waals surface area (Å²) in [6.45, 7) is 18.5. The first-order valence-electron chi connectivity index (χ1n) is 14.4. The predicted molar refractivity (Wildman–Crippen MR) is 135 cm³/mol. The molecule has 35 heavy (non-hydrogen) atoms. The van der Waals surface area contributed by atoms with Crippen LogP contribution in [0, 0.1) is 51.2 Å². The summed E-state index contributed by atoms with van der Waals surface area (Å²) >= 11 is 0. The van der Waals surface area contributed by atoms with E-state index >= 15 is 0 Å². The smallest absolute Gasteiger partial charge is 0.311 e. The van der Waals surface area contributed by atoms with E-state index in [1.807, 2.05) is 6.92 Å². The standard InChI is InChI=1S/C31H46O4/c1-17-16-31(19(3)18(2)26(33)35-31)34-25-15-22-21(29(7)14-11-20(17)30(25,29)8)9-10-23-27(4,5)24(32)12-13-28(22,23)6/h17-20,23,25H,9-16H2,1-8H3. The minimum absolute atomic E-state index is 0.0376. The molecule has 2 saturated carbocycles. The van der Waals surface area contributed by atoms with Crippen LogP contribution in [0.25, 0.3) is 0 Å². The third kappa shape index (κ3) is 2.69. The summed E-state index contributed by atoms with van der Waals surface area (Å²) < 4.78 is 13.4. The number of hydrogen-bond acceptors (Lipinski definition) is 4. The highest BCUT2D eigenvalue weighted by Gasteiger charge is 2.70. The Morgan fingerprint density at radius 1 is 0.886 bits per heavy atom. The summed E-state index contributed by atoms with van der Waals surface area (Å²) in [4.78, 5) is 25.8. The zero-order valence-corrected chi connectivity index (χ0v) is 23.3. The molecule has 0 bridgehead atoms. The molecule has 2 aliphatic heterocycles. The van der Waals surface area contributed by atoms with Gasteiger partial charge in [-0.3, -0.25) is 9.59 Å². The van der Waals surface area contributed by atoms with E-state index in [-0.39, 0.29) is 45.6 Å². The molecule has 0 aromatic heterocycles. The van der Waals surface area contributed by atoms with Crippen molar-refractivity contribution in [1.82, 2.24) is 0 Å². The molecule has 0 aromatic rings. The highest BCUT2D eigenvalue weighted by Crippen LogP contribution is 2.74. The van der Waals surface area contributed by atoms with Crippen LogP contribution in [0.5, 0.6) is 0 Å². The van der Waals surface area contributed by atoms with Crippen molar-refractivity contribution in [1.29, 1.82) is 0 Å². The maximum Gasteiger partial charge on any atom is 0.311 e. The Morgan fingerprint density at radius 3 is 2.26 bits per heavy atom. The third-order valence-electron chi connectivity index (χ3n) is 13.3. The van der Waals surface area contributed by atoms with Crippen LogP contribution in [0.2, 0.25) is 0 Å². The van der Waals surface area contributed by atoms with Crippen molar-refractivity contribution in [3.63, 3.8) is 0 Å². The number of esters is 1. The Hall–Kier alpha value is -1.16. The van der Waals surface area contributed by atoms with Crippen molar-refractivity contribution in [2.75, 3.05) is 0 Å². The monoisotopic (exact) mass is 482 g/mol. The lowest BCUT2D eigenvalue weighted by Gasteiger charge is -2.62. The van der Waals surface area contributed by atoms with E-state index in [0.29, 0.717) is 30.0 Å². The van der Waals surface area contributed by atoms with Crippen molar-refractivity contribution >= 4 is 11.8 Å². The zero-order chi connectivity index (χ0) is 25.3. The van der Waals surface area contributed by atoms with Crippen LogP contribution in [0.4, 0.5) is 0 Å². The number of fused-ring (bicyclic) bond motifs is 3. The fourth-order valence-electron chi connectivity index (χ4n) is 10.8. The number of carbonyl (C=O) groups excluding carboxylic acids is 2. The lowest BCUT2D eigenvalue weighted by Crippen LogP contribution is -2.58. The Bertz CT molecular complexity index is 1030. The van der Waals surface area contributed by atoms with Gasteiger partial charge in [-0.2, -0.15) is 0 Å². The Balaban J connectivity index is 1.50. The van der Waals surface area contributed by atoms with Gasteiger partial charge in [-0.05, 0) is 67.1 Å². The Kier molecular flexibility index (Phi) is 4.86. The van der Waals surface area contributed by atoms with Gasteiger partial charge in [-0.1, -0.05) is 66.5 Å². The van der Waals surface area contributed by atoms with Crippen LogP contribution in [-0.2, 0) is 19.1 Å². The van der Waals surface area contributed by atoms with Gasteiger partial charge in [0.25, 0.3) is 0 Å². The van der Waals surface area contributed by atoms with E-state index < -0.39 is 5.79 Å². The van der Waals surface area contributed by atoms with E-state index in [2.05, 4.69) is 48.5 Å². The molecule has 0 aromatic carbocycles.